The molecule has 0 amide bonds. The largest absolute Gasteiger partial charge is 0.345 e. The van der Waals surface area contributed by atoms with Gasteiger partial charge in [0.2, 0.25) is 0 Å². The number of halogens is 1. The molecule has 0 bridgehead atoms. The molecule has 1 heterocycles. The quantitative estimate of drug-likeness (QED) is 0.274. The van der Waals surface area contributed by atoms with Crippen molar-refractivity contribution in [3.05, 3.63) is 106 Å². The number of aryl methyl sites for hydroxylation is 2. The van der Waals surface area contributed by atoms with Crippen molar-refractivity contribution in [3.63, 3.8) is 0 Å². The third-order valence-corrected chi connectivity index (χ3v) is 6.65. The Labute approximate surface area is 201 Å². The Morgan fingerprint density at radius 1 is 0.882 bits per heavy atom. The van der Waals surface area contributed by atoms with Crippen LogP contribution in [0.5, 0.6) is 0 Å². The zero-order valence-electron chi connectivity index (χ0n) is 20.6. The first-order valence-corrected chi connectivity index (χ1v) is 11.9. The van der Waals surface area contributed by atoms with Gasteiger partial charge in [0.25, 0.3) is 0 Å². The van der Waals surface area contributed by atoms with Crippen LogP contribution in [0.1, 0.15) is 44.7 Å². The van der Waals surface area contributed by atoms with Crippen molar-refractivity contribution >= 4 is 16.7 Å². The van der Waals surface area contributed by atoms with Gasteiger partial charge in [-0.25, -0.2) is 4.39 Å². The first-order valence-electron chi connectivity index (χ1n) is 11.9. The molecule has 0 spiro atoms. The zero-order chi connectivity index (χ0) is 24.2. The van der Waals surface area contributed by atoms with E-state index in [4.69, 9.17) is 0 Å². The summed E-state index contributed by atoms with van der Waals surface area (Å²) in [4.78, 5) is 14.8. The van der Waals surface area contributed by atoms with E-state index in [1.165, 1.54) is 45.4 Å². The molecule has 34 heavy (non-hydrogen) atoms. The first-order chi connectivity index (χ1) is 16.3. The molecule has 4 aromatic rings. The van der Waals surface area contributed by atoms with E-state index in [-0.39, 0.29) is 18.0 Å². The number of hydrogen-bond acceptors (Lipinski definition) is 2. The van der Waals surface area contributed by atoms with Gasteiger partial charge in [0.15, 0.2) is 5.78 Å². The Kier molecular flexibility index (Phi) is 7.28. The fourth-order valence-electron chi connectivity index (χ4n) is 4.57. The van der Waals surface area contributed by atoms with Gasteiger partial charge in [0.1, 0.15) is 5.82 Å². The molecule has 3 nitrogen and oxygen atoms in total. The molecule has 0 aliphatic heterocycles. The van der Waals surface area contributed by atoms with E-state index in [2.05, 4.69) is 55.6 Å². The third kappa shape index (κ3) is 5.45. The molecule has 0 unspecified atom stereocenters. The summed E-state index contributed by atoms with van der Waals surface area (Å²) in [6, 6.07) is 20.8. The van der Waals surface area contributed by atoms with Gasteiger partial charge in [0.05, 0.1) is 0 Å². The fourth-order valence-corrected chi connectivity index (χ4v) is 4.57. The Balaban J connectivity index is 1.46. The van der Waals surface area contributed by atoms with Crippen molar-refractivity contribution in [3.8, 4) is 0 Å². The Morgan fingerprint density at radius 2 is 1.53 bits per heavy atom. The normalized spacial score (nSPS) is 11.5. The van der Waals surface area contributed by atoms with Crippen LogP contribution in [-0.2, 0) is 19.4 Å². The summed E-state index contributed by atoms with van der Waals surface area (Å²) in [5.41, 5.74) is 7.95. The number of benzene rings is 3. The van der Waals surface area contributed by atoms with Gasteiger partial charge in [-0.05, 0) is 93.8 Å². The lowest BCUT2D eigenvalue weighted by Crippen LogP contribution is -2.15. The molecule has 0 fully saturated rings. The molecule has 4 heteroatoms. The van der Waals surface area contributed by atoms with Gasteiger partial charge in [-0.2, -0.15) is 0 Å². The molecular formula is C30H33FN2O. The van der Waals surface area contributed by atoms with Crippen molar-refractivity contribution in [2.45, 2.75) is 39.7 Å². The monoisotopic (exact) mass is 456 g/mol. The van der Waals surface area contributed by atoms with Gasteiger partial charge < -0.3 is 9.47 Å². The summed E-state index contributed by atoms with van der Waals surface area (Å²) in [6.45, 7) is 6.54. The highest BCUT2D eigenvalue weighted by Crippen LogP contribution is 2.27. The lowest BCUT2D eigenvalue weighted by molar-refractivity contribution is 0.0993. The van der Waals surface area contributed by atoms with Crippen molar-refractivity contribution in [1.82, 2.24) is 9.47 Å². The molecule has 0 saturated heterocycles. The number of carbonyl (C=O) groups is 1. The van der Waals surface area contributed by atoms with E-state index >= 15 is 0 Å². The maximum atomic E-state index is 13.1. The second-order valence-electron chi connectivity index (χ2n) is 9.47. The van der Waals surface area contributed by atoms with Crippen LogP contribution in [0.2, 0.25) is 0 Å². The summed E-state index contributed by atoms with van der Waals surface area (Å²) < 4.78 is 15.5. The van der Waals surface area contributed by atoms with Gasteiger partial charge in [0, 0.05) is 35.1 Å². The highest BCUT2D eigenvalue weighted by molar-refractivity contribution is 5.97. The van der Waals surface area contributed by atoms with Gasteiger partial charge >= 0.3 is 0 Å². The predicted octanol–water partition coefficient (Wildman–Crippen LogP) is 6.37. The van der Waals surface area contributed by atoms with Gasteiger partial charge in [-0.3, -0.25) is 4.79 Å². The fraction of sp³-hybridized carbons (Fsp3) is 0.300. The highest BCUT2D eigenvalue weighted by Gasteiger charge is 2.12. The summed E-state index contributed by atoms with van der Waals surface area (Å²) >= 11 is 0. The summed E-state index contributed by atoms with van der Waals surface area (Å²) in [7, 11) is 4.23. The van der Waals surface area contributed by atoms with Crippen LogP contribution in [0.25, 0.3) is 10.9 Å². The number of carbonyl (C=O) groups excluding carboxylic acids is 1. The van der Waals surface area contributed by atoms with E-state index < -0.39 is 0 Å². The van der Waals surface area contributed by atoms with Crippen LogP contribution >= 0.6 is 0 Å². The molecule has 1 aromatic heterocycles. The lowest BCUT2D eigenvalue weighted by atomic mass is 9.98. The molecule has 4 rings (SSSR count). The number of aromatic nitrogens is 1. The SMILES string of the molecule is Cc1c(C)n(CCCN(C)C)c2ccc(Cc3ccc(C(=O)Cc4ccc(F)cc4)cc3)cc12. The first kappa shape index (κ1) is 23.9. The Bertz CT molecular complexity index is 1280. The van der Waals surface area contributed by atoms with E-state index in [9.17, 15) is 9.18 Å². The van der Waals surface area contributed by atoms with Crippen molar-refractivity contribution in [1.29, 1.82) is 0 Å². The number of hydrogen-bond donors (Lipinski definition) is 0. The topological polar surface area (TPSA) is 25.2 Å². The second kappa shape index (κ2) is 10.4. The maximum absolute atomic E-state index is 13.1. The molecule has 0 radical (unpaired) electrons. The van der Waals surface area contributed by atoms with Gasteiger partial charge in [-0.15, -0.1) is 0 Å². The predicted molar refractivity (Wildman–Crippen MR) is 138 cm³/mol. The van der Waals surface area contributed by atoms with E-state index in [0.29, 0.717) is 5.56 Å². The number of Topliss-reactive ketones (excluding diaryl/α,β-unsaturated/α-hetero) is 1. The van der Waals surface area contributed by atoms with Crippen LogP contribution in [0.15, 0.2) is 66.7 Å². The summed E-state index contributed by atoms with van der Waals surface area (Å²) in [5.74, 6) is -0.244. The average molecular weight is 457 g/mol. The molecule has 3 aromatic carbocycles. The van der Waals surface area contributed by atoms with E-state index in [1.54, 1.807) is 12.1 Å². The molecule has 0 N–H and O–H groups in total. The number of nitrogens with zero attached hydrogens (tertiary/aromatic N) is 2. The molecule has 176 valence electrons. The van der Waals surface area contributed by atoms with Crippen LogP contribution in [0.3, 0.4) is 0 Å². The van der Waals surface area contributed by atoms with E-state index in [0.717, 1.165) is 31.5 Å². The minimum Gasteiger partial charge on any atom is -0.345 e. The Morgan fingerprint density at radius 3 is 2.21 bits per heavy atom. The van der Waals surface area contributed by atoms with Crippen LogP contribution in [0.4, 0.5) is 4.39 Å². The average Bonchev–Trinajstić information content (AvgIpc) is 3.05. The van der Waals surface area contributed by atoms with Crippen molar-refractivity contribution < 1.29 is 9.18 Å². The van der Waals surface area contributed by atoms with Crippen LogP contribution < -0.4 is 0 Å². The summed E-state index contributed by atoms with van der Waals surface area (Å²) in [5, 5.41) is 1.32. The highest BCUT2D eigenvalue weighted by atomic mass is 19.1. The third-order valence-electron chi connectivity index (χ3n) is 6.65. The smallest absolute Gasteiger partial charge is 0.167 e. The Hall–Kier alpha value is -3.24. The molecule has 0 saturated carbocycles. The molecule has 0 atom stereocenters. The number of fused-ring (bicyclic) bond motifs is 1. The molecule has 0 aliphatic carbocycles. The second-order valence-corrected chi connectivity index (χ2v) is 9.47. The van der Waals surface area contributed by atoms with Gasteiger partial charge in [-0.1, -0.05) is 42.5 Å². The van der Waals surface area contributed by atoms with E-state index in [1.807, 2.05) is 24.3 Å². The minimum atomic E-state index is -0.287. The van der Waals surface area contributed by atoms with Crippen molar-refractivity contribution in [2.24, 2.45) is 0 Å². The number of rotatable bonds is 9. The minimum absolute atomic E-state index is 0.0429. The van der Waals surface area contributed by atoms with Crippen LogP contribution in [-0.4, -0.2) is 35.9 Å². The standard InChI is InChI=1S/C30H33FN2O/c1-21-22(2)33(17-5-16-32(3)4)29-15-10-25(19-28(21)29)18-23-6-11-26(12-7-23)30(34)20-24-8-13-27(31)14-9-24/h6-15,19H,5,16-18,20H2,1-4H3. The lowest BCUT2D eigenvalue weighted by Gasteiger charge is -2.12. The van der Waals surface area contributed by atoms with Crippen molar-refractivity contribution in [2.75, 3.05) is 20.6 Å². The van der Waals surface area contributed by atoms with Crippen LogP contribution in [0, 0.1) is 19.7 Å². The number of ketones is 1. The molecule has 0 aliphatic rings. The molecular weight excluding hydrogens is 423 g/mol. The zero-order valence-corrected chi connectivity index (χ0v) is 20.6. The summed E-state index contributed by atoms with van der Waals surface area (Å²) in [6.07, 6.45) is 2.23. The maximum Gasteiger partial charge on any atom is 0.167 e.